The predicted molar refractivity (Wildman–Crippen MR) is 494 cm³/mol. The van der Waals surface area contributed by atoms with Crippen molar-refractivity contribution >= 4 is 141 Å². The number of phosphoric ester groups is 2. The number of aliphatic hydroxyl groups excluding tert-OH is 1. The Kier molecular flexibility index (Phi) is 31.2. The minimum absolute atomic E-state index is 0.00580. The predicted octanol–water partition coefficient (Wildman–Crippen LogP) is -2.87. The zero-order chi connectivity index (χ0) is 103. The molecule has 8 saturated heterocycles. The fourth-order valence-electron chi connectivity index (χ4n) is 17.8. The third-order valence-electron chi connectivity index (χ3n) is 24.6. The highest BCUT2D eigenvalue weighted by Crippen LogP contribution is 2.64. The van der Waals surface area contributed by atoms with E-state index >= 15 is 9.13 Å². The average molecular weight is 2210 g/mol. The zero-order valence-corrected chi connectivity index (χ0v) is 84.2. The SMILES string of the molecule is COCCOC1[C@@H](OP(O)(=S)OC[C@H]2O[C@@H](n3cnc4c(=O)[nH]c(N)nc43)C(OCCOC)[C@H]2OP(=O)(O)OC[C@]23O[C@@H](n4cc(C)c(=O)[nH]c4=O)C(O[C@H]2C)[C@H]3OP(=O)(O)OC[C@]23O[C@@H](n4cnc5c(=O)[nH]c(N)nc54)C(O[C@H]2C)[C@H]3OP(O)(=S)OC[C@H]2O[C@@H](c3[nH]c(=O)[nH]c(=O)c3C)C[C@H]2OP(O)(=S)OC[C@H]2O[C@@H](n3cc(C)c(=O)[nH]c3=O)C[C@H]2OP(O)(=S)OC)[C@@H](CO)O[C@H]1n1cnc2c(N)ncnc21. The van der Waals surface area contributed by atoms with Gasteiger partial charge in [-0.15, -0.1) is 0 Å². The van der Waals surface area contributed by atoms with Gasteiger partial charge < -0.3 is 141 Å². The Morgan fingerprint density at radius 2 is 0.937 bits per heavy atom. The van der Waals surface area contributed by atoms with E-state index < -0.39 is 285 Å². The molecule has 143 heavy (non-hydrogen) atoms. The second-order valence-corrected chi connectivity index (χ2v) is 47.7. The highest BCUT2D eigenvalue weighted by molar-refractivity contribution is 8.08. The quantitative estimate of drug-likeness (QED) is 0.0135. The maximum Gasteiger partial charge on any atom is 0.472 e. The molecule has 0 radical (unpaired) electrons. The number of hydrogen-bond donors (Lipinski definition) is 16. The van der Waals surface area contributed by atoms with Gasteiger partial charge in [0.05, 0.1) is 115 Å². The molecule has 8 fully saturated rings. The summed E-state index contributed by atoms with van der Waals surface area (Å²) >= 11 is 22.1. The molecule has 17 rings (SSSR count). The van der Waals surface area contributed by atoms with Gasteiger partial charge in [0.2, 0.25) is 11.9 Å². The molecule has 0 aliphatic carbocycles. The maximum atomic E-state index is 15.5. The van der Waals surface area contributed by atoms with Gasteiger partial charge in [-0.25, -0.2) is 48.4 Å². The van der Waals surface area contributed by atoms with Crippen LogP contribution in [-0.2, 0) is 167 Å². The van der Waals surface area contributed by atoms with Crippen LogP contribution in [0.5, 0.6) is 0 Å². The Labute approximate surface area is 820 Å². The minimum Gasteiger partial charge on any atom is -0.394 e. The van der Waals surface area contributed by atoms with E-state index in [0.717, 1.165) is 44.2 Å². The monoisotopic (exact) mass is 2210 g/mol. The number of nitrogens with two attached hydrogens (primary N) is 3. The summed E-state index contributed by atoms with van der Waals surface area (Å²) < 4.78 is 183. The van der Waals surface area contributed by atoms with Gasteiger partial charge in [0, 0.05) is 63.3 Å². The maximum absolute atomic E-state index is 15.5. The van der Waals surface area contributed by atoms with Gasteiger partial charge in [0.1, 0.15) is 109 Å². The lowest BCUT2D eigenvalue weighted by Crippen LogP contribution is -2.51. The second-order valence-electron chi connectivity index (χ2n) is 33.6. The van der Waals surface area contributed by atoms with E-state index in [0.29, 0.717) is 0 Å². The third-order valence-corrected chi connectivity index (χ3v) is 32.9. The number of nitrogen functional groups attached to an aromatic ring is 3. The fourth-order valence-corrected chi connectivity index (χ4v) is 25.1. The van der Waals surface area contributed by atoms with Crippen LogP contribution >= 0.6 is 42.5 Å². The van der Waals surface area contributed by atoms with E-state index in [1.165, 1.54) is 72.3 Å². The van der Waals surface area contributed by atoms with E-state index in [4.69, 9.17) is 176 Å². The number of imidazole rings is 3. The number of rotatable bonds is 43. The molecule has 8 aliphatic rings. The first kappa shape index (κ1) is 107. The molecule has 10 unspecified atom stereocenters. The number of nitrogens with zero attached hydrogens (tertiary/aromatic N) is 12. The number of nitrogens with one attached hydrogen (secondary N) is 6. The van der Waals surface area contributed by atoms with Crippen LogP contribution in [0.25, 0.3) is 33.5 Å². The van der Waals surface area contributed by atoms with Crippen LogP contribution < -0.4 is 62.1 Å². The lowest BCUT2D eigenvalue weighted by Gasteiger charge is -2.37. The molecular formula is C71H95N21O41P6S4. The number of ether oxygens (including phenoxy) is 12. The van der Waals surface area contributed by atoms with Crippen molar-refractivity contribution in [1.29, 1.82) is 0 Å². The van der Waals surface area contributed by atoms with Gasteiger partial charge in [-0.3, -0.25) is 98.9 Å². The van der Waals surface area contributed by atoms with Crippen molar-refractivity contribution in [3.63, 3.8) is 0 Å². The first-order valence-electron chi connectivity index (χ1n) is 42.9. The summed E-state index contributed by atoms with van der Waals surface area (Å²) in [6.07, 6.45) is -28.2. The normalized spacial score (nSPS) is 32.1. The van der Waals surface area contributed by atoms with Crippen molar-refractivity contribution in [3.8, 4) is 0 Å². The van der Waals surface area contributed by atoms with Crippen molar-refractivity contribution in [2.45, 2.75) is 194 Å². The molecule has 784 valence electrons. The standard InChI is InChI=1S/C71H95N21O41P6S4/c1-27-15-88(68(100)86-56(27)94)39-14-33(128-136(106,140)112-8)37(123-39)19-115-137(107,141)129-32-13-34(40-29(3)58(96)85-67(99)80-40)122-36(32)18-116-139(109,143)133-51-49-64(92-26-79-43-55(92)82-66(74)84-60(43)98)127-71(51,31(5)121-49)22-119-135(104,105)132-50-48-63(89-16-28(2)57(95)87-69(89)101)126-70(50,30(4)120-48)21-118-134(102,103)130-45-38(125-62(47(45)114-12-10-111-7)91-25-78-42-54(91)81-65(73)83-59(42)97)20-117-138(108,142)131-44-35(17-93)124-61(46(44)113-11-9-110-6)90-24-77-41-52(72)75-23-76-53(41)90/h15-16,23-26,30-39,44-51,61-64,93H,9-14,17-22H2,1-8H3,(H,102,103)(H,104,105)(H,106,140)(H,107,141)(H,108,142)(H,109,143)(H2,72,75,76)(H,86,94,100)(H,87,95,101)(H3,73,81,83,97)(H3,74,82,84,98)(H2,80,85,96,99)/t30-,31-,32+,33+,34+,35+,36+,37+,38+,39+,44-,45-,46?,47?,48?,49?,50+,51+,61+,62+,63+,64+,70-,71-,136?,137?,138?,139?/m0/s1. The number of H-pyrrole nitrogens is 6. The van der Waals surface area contributed by atoms with E-state index in [9.17, 15) is 72.8 Å². The molecule has 19 N–H and O–H groups in total. The van der Waals surface area contributed by atoms with E-state index in [1.54, 1.807) is 0 Å². The molecule has 72 heteroatoms. The van der Waals surface area contributed by atoms with Crippen LogP contribution in [0.1, 0.15) is 86.3 Å². The number of methoxy groups -OCH3 is 2. The smallest absolute Gasteiger partial charge is 0.394 e. The Morgan fingerprint density at radius 3 is 1.50 bits per heavy atom. The molecule has 0 amide bonds. The minimum atomic E-state index is -5.97. The molecule has 4 bridgehead atoms. The summed E-state index contributed by atoms with van der Waals surface area (Å²) in [6, 6.07) is 0. The van der Waals surface area contributed by atoms with Gasteiger partial charge in [-0.1, -0.05) is 0 Å². The zero-order valence-electron chi connectivity index (χ0n) is 75.6. The molecule has 9 aromatic heterocycles. The van der Waals surface area contributed by atoms with Crippen molar-refractivity contribution < 1.29 is 155 Å². The Morgan fingerprint density at radius 1 is 0.469 bits per heavy atom. The van der Waals surface area contributed by atoms with Crippen LogP contribution in [0, 0.1) is 20.8 Å². The van der Waals surface area contributed by atoms with Crippen molar-refractivity contribution in [3.05, 3.63) is 143 Å². The van der Waals surface area contributed by atoms with Crippen LogP contribution in [-0.4, -0.2) is 318 Å². The average Bonchev–Trinajstić information content (AvgIpc) is 1.54. The molecule has 8 aliphatic heterocycles. The number of aromatic nitrogens is 18. The first-order valence-corrected chi connectivity index (χ1v) is 56.2. The number of aromatic amines is 6. The highest BCUT2D eigenvalue weighted by atomic mass is 32.5. The molecule has 0 spiro atoms. The van der Waals surface area contributed by atoms with E-state index in [1.807, 2.05) is 0 Å². The largest absolute Gasteiger partial charge is 0.472 e. The van der Waals surface area contributed by atoms with Gasteiger partial charge in [-0.05, 0) is 81.8 Å². The molecule has 17 heterocycles. The number of hydrogen-bond acceptors (Lipinski definition) is 49. The van der Waals surface area contributed by atoms with Crippen LogP contribution in [0.3, 0.4) is 0 Å². The van der Waals surface area contributed by atoms with Gasteiger partial charge >= 0.3 is 59.6 Å². The third kappa shape index (κ3) is 21.9. The Hall–Kier alpha value is -7.49. The van der Waals surface area contributed by atoms with Crippen LogP contribution in [0.15, 0.2) is 76.1 Å². The van der Waals surface area contributed by atoms with Crippen LogP contribution in [0.2, 0.25) is 0 Å². The van der Waals surface area contributed by atoms with E-state index in [-0.39, 0.29) is 101 Å². The lowest BCUT2D eigenvalue weighted by atomic mass is 9.94. The number of aliphatic hydroxyl groups is 1. The Bertz CT molecular complexity index is 7160. The molecular weight excluding hydrogens is 2120 g/mol. The summed E-state index contributed by atoms with van der Waals surface area (Å²) in [5.41, 5.74) is 5.38. The lowest BCUT2D eigenvalue weighted by molar-refractivity contribution is -0.218. The number of anilines is 3. The number of phosphoric acid groups is 2. The second kappa shape index (κ2) is 41.8. The molecule has 0 saturated carbocycles. The topological polar surface area (TPSA) is 822 Å². The number of fused-ring (bicyclic) bond motifs is 7. The Balaban J connectivity index is 0.648. The summed E-state index contributed by atoms with van der Waals surface area (Å²) in [5.74, 6) is -0.821. The summed E-state index contributed by atoms with van der Waals surface area (Å²) in [7, 11) is -8.11. The first-order chi connectivity index (χ1) is 67.6. The van der Waals surface area contributed by atoms with Crippen molar-refractivity contribution in [2.24, 2.45) is 0 Å². The highest BCUT2D eigenvalue weighted by Gasteiger charge is 2.72. The fraction of sp³-hybridized carbons (Fsp3) is 0.620. The van der Waals surface area contributed by atoms with Crippen molar-refractivity contribution in [2.75, 3.05) is 105 Å². The molecule has 62 nitrogen and oxygen atoms in total. The van der Waals surface area contributed by atoms with Crippen LogP contribution in [0.4, 0.5) is 17.7 Å². The summed E-state index contributed by atoms with van der Waals surface area (Å²) in [6.45, 7) is -18.3. The van der Waals surface area contributed by atoms with Crippen molar-refractivity contribution in [1.82, 2.24) is 87.6 Å². The summed E-state index contributed by atoms with van der Waals surface area (Å²) in [5, 5.41) is 10.8. The van der Waals surface area contributed by atoms with Gasteiger partial charge in [0.15, 0.2) is 58.7 Å². The van der Waals surface area contributed by atoms with Gasteiger partial charge in [-0.2, -0.15) is 9.97 Å². The number of aryl methyl sites for hydroxylation is 2. The molecule has 0 aromatic carbocycles. The van der Waals surface area contributed by atoms with E-state index in [2.05, 4.69) is 64.8 Å². The molecule has 30 atom stereocenters. The van der Waals surface area contributed by atoms with Gasteiger partial charge in [0.25, 0.3) is 27.8 Å². The molecule has 9 aromatic rings. The summed E-state index contributed by atoms with van der Waals surface area (Å²) in [4.78, 5) is 221.